The maximum Gasteiger partial charge on any atom is 0.248 e. The van der Waals surface area contributed by atoms with Gasteiger partial charge in [0.1, 0.15) is 0 Å². The molecule has 0 aromatic carbocycles. The van der Waals surface area contributed by atoms with Crippen molar-refractivity contribution in [2.45, 2.75) is 19.8 Å². The molecule has 0 fully saturated rings. The molecule has 4 nitrogen and oxygen atoms in total. The van der Waals surface area contributed by atoms with Crippen molar-refractivity contribution in [2.24, 2.45) is 0 Å². The van der Waals surface area contributed by atoms with Crippen molar-refractivity contribution in [2.75, 3.05) is 19.8 Å². The van der Waals surface area contributed by atoms with E-state index in [0.29, 0.717) is 11.5 Å². The van der Waals surface area contributed by atoms with Crippen molar-refractivity contribution in [3.05, 3.63) is 4.91 Å². The van der Waals surface area contributed by atoms with Crippen LogP contribution >= 0.6 is 0 Å². The summed E-state index contributed by atoms with van der Waals surface area (Å²) < 4.78 is 0. The molecular weight excluding hydrogens is 134 g/mol. The normalized spacial score (nSPS) is 9.40. The molecular formula is C6H14NO3+. The van der Waals surface area contributed by atoms with Gasteiger partial charge in [0.25, 0.3) is 0 Å². The van der Waals surface area contributed by atoms with Crippen molar-refractivity contribution < 1.29 is 14.9 Å². The van der Waals surface area contributed by atoms with Crippen LogP contribution in [0.25, 0.3) is 0 Å². The second-order valence-electron chi connectivity index (χ2n) is 1.97. The topological polar surface area (TPSA) is 49.5 Å². The molecule has 0 heterocycles. The summed E-state index contributed by atoms with van der Waals surface area (Å²) in [5, 5.41) is 8.25. The molecule has 0 radical (unpaired) electrons. The molecule has 0 spiro atoms. The molecule has 0 atom stereocenters. The highest BCUT2D eigenvalue weighted by Gasteiger charge is 2.06. The summed E-state index contributed by atoms with van der Waals surface area (Å²) in [5.74, 6) is 0. The van der Waals surface area contributed by atoms with Gasteiger partial charge < -0.3 is 5.11 Å². The van der Waals surface area contributed by atoms with E-state index >= 15 is 0 Å². The Labute approximate surface area is 60.3 Å². The molecule has 0 bridgehead atoms. The molecule has 0 saturated carbocycles. The fraction of sp³-hybridized carbons (Fsp3) is 1.00. The number of rotatable bonds is 6. The van der Waals surface area contributed by atoms with Gasteiger partial charge in [-0.2, -0.15) is 0 Å². The Kier molecular flexibility index (Phi) is 6.06. The minimum absolute atomic E-state index is 0.0905. The summed E-state index contributed by atoms with van der Waals surface area (Å²) in [5.41, 5.74) is 0. The molecule has 0 rings (SSSR count). The second-order valence-corrected chi connectivity index (χ2v) is 1.97. The van der Waals surface area contributed by atoms with Gasteiger partial charge in [0.15, 0.2) is 6.61 Å². The van der Waals surface area contributed by atoms with Crippen LogP contribution in [0.3, 0.4) is 0 Å². The molecule has 0 aromatic rings. The fourth-order valence-corrected chi connectivity index (χ4v) is 0.494. The zero-order chi connectivity index (χ0) is 7.82. The Morgan fingerprint density at radius 3 is 2.80 bits per heavy atom. The summed E-state index contributed by atoms with van der Waals surface area (Å²) in [6.45, 7) is 2.37. The number of aliphatic hydroxyl groups is 1. The first kappa shape index (κ1) is 9.36. The highest BCUT2D eigenvalue weighted by atomic mass is 16.8. The van der Waals surface area contributed by atoms with Gasteiger partial charge in [-0.25, -0.2) is 4.84 Å². The van der Waals surface area contributed by atoms with Crippen LogP contribution in [0.2, 0.25) is 0 Å². The van der Waals surface area contributed by atoms with Crippen LogP contribution in [0.15, 0.2) is 0 Å². The monoisotopic (exact) mass is 148 g/mol. The third kappa shape index (κ3) is 5.50. The Balaban J connectivity index is 3.09. The number of nitrogens with zero attached hydrogens (tertiary/aromatic N) is 1. The van der Waals surface area contributed by atoms with E-state index < -0.39 is 0 Å². The van der Waals surface area contributed by atoms with Gasteiger partial charge in [0.05, 0.1) is 11.5 Å². The predicted molar refractivity (Wildman–Crippen MR) is 36.4 cm³/mol. The fourth-order valence-electron chi connectivity index (χ4n) is 0.494. The van der Waals surface area contributed by atoms with Crippen LogP contribution in [-0.4, -0.2) is 29.8 Å². The molecule has 60 valence electrons. The van der Waals surface area contributed by atoms with Gasteiger partial charge in [-0.05, 0) is 6.42 Å². The summed E-state index contributed by atoms with van der Waals surface area (Å²) in [6.07, 6.45) is 1.80. The second kappa shape index (κ2) is 6.48. The molecule has 0 amide bonds. The van der Waals surface area contributed by atoms with E-state index in [4.69, 9.17) is 5.11 Å². The first-order valence-electron chi connectivity index (χ1n) is 3.49. The van der Waals surface area contributed by atoms with Gasteiger partial charge in [-0.3, -0.25) is 0 Å². The Morgan fingerprint density at radius 2 is 2.30 bits per heavy atom. The van der Waals surface area contributed by atoms with E-state index in [-0.39, 0.29) is 13.2 Å². The molecule has 0 aliphatic heterocycles. The Morgan fingerprint density at radius 1 is 1.60 bits per heavy atom. The van der Waals surface area contributed by atoms with Gasteiger partial charge >= 0.3 is 0 Å². The van der Waals surface area contributed by atoms with E-state index in [1.165, 1.54) is 0 Å². The van der Waals surface area contributed by atoms with Crippen LogP contribution in [0.1, 0.15) is 19.8 Å². The zero-order valence-corrected chi connectivity index (χ0v) is 6.25. The molecule has 0 aliphatic rings. The van der Waals surface area contributed by atoms with E-state index in [2.05, 4.69) is 4.84 Å². The maximum atomic E-state index is 10.5. The van der Waals surface area contributed by atoms with Crippen molar-refractivity contribution in [3.8, 4) is 0 Å². The van der Waals surface area contributed by atoms with Crippen LogP contribution < -0.4 is 0 Å². The Hall–Kier alpha value is -0.640. The average molecular weight is 148 g/mol. The Bertz CT molecular complexity index is 85.0. The van der Waals surface area contributed by atoms with E-state index in [1.807, 2.05) is 6.92 Å². The molecule has 0 unspecified atom stereocenters. The van der Waals surface area contributed by atoms with E-state index in [1.54, 1.807) is 0 Å². The van der Waals surface area contributed by atoms with Crippen LogP contribution in [0.5, 0.6) is 0 Å². The molecule has 0 aromatic heterocycles. The number of aliphatic hydroxyl groups excluding tert-OH is 1. The first-order valence-corrected chi connectivity index (χ1v) is 3.49. The SMILES string of the molecule is CCCC[N+](=O)OCCO. The lowest BCUT2D eigenvalue weighted by atomic mass is 10.3. The van der Waals surface area contributed by atoms with Gasteiger partial charge in [0.2, 0.25) is 11.5 Å². The quantitative estimate of drug-likeness (QED) is 0.558. The minimum Gasteiger partial charge on any atom is -0.393 e. The first-order chi connectivity index (χ1) is 4.81. The average Bonchev–Trinajstić information content (AvgIpc) is 1.97. The van der Waals surface area contributed by atoms with Crippen molar-refractivity contribution in [1.82, 2.24) is 0 Å². The third-order valence-corrected chi connectivity index (χ3v) is 1.02. The van der Waals surface area contributed by atoms with Crippen molar-refractivity contribution >= 4 is 0 Å². The highest BCUT2D eigenvalue weighted by molar-refractivity contribution is 4.25. The molecule has 0 saturated heterocycles. The lowest BCUT2D eigenvalue weighted by molar-refractivity contribution is -0.803. The standard InChI is InChI=1S/C6H14NO3/c1-2-3-4-7(9)10-6-5-8/h8H,2-6H2,1H3/q+1. The van der Waals surface area contributed by atoms with Crippen LogP contribution in [-0.2, 0) is 4.84 Å². The van der Waals surface area contributed by atoms with Gasteiger partial charge in [0, 0.05) is 6.42 Å². The molecule has 0 aliphatic carbocycles. The summed E-state index contributed by atoms with van der Waals surface area (Å²) in [6, 6.07) is 0. The van der Waals surface area contributed by atoms with E-state index in [0.717, 1.165) is 12.8 Å². The van der Waals surface area contributed by atoms with Crippen LogP contribution in [0, 0.1) is 4.91 Å². The van der Waals surface area contributed by atoms with Crippen molar-refractivity contribution in [1.29, 1.82) is 0 Å². The van der Waals surface area contributed by atoms with Crippen LogP contribution in [0.4, 0.5) is 0 Å². The summed E-state index contributed by atoms with van der Waals surface area (Å²) >= 11 is 0. The highest BCUT2D eigenvalue weighted by Crippen LogP contribution is 1.87. The molecule has 10 heavy (non-hydrogen) atoms. The minimum atomic E-state index is -0.106. The van der Waals surface area contributed by atoms with Gasteiger partial charge in [-0.1, -0.05) is 6.92 Å². The largest absolute Gasteiger partial charge is 0.393 e. The number of unbranched alkanes of at least 4 members (excludes halogenated alkanes) is 1. The number of hydrogen-bond acceptors (Lipinski definition) is 3. The summed E-state index contributed by atoms with van der Waals surface area (Å²) in [7, 11) is 0. The lowest BCUT2D eigenvalue weighted by Crippen LogP contribution is -2.13. The van der Waals surface area contributed by atoms with E-state index in [9.17, 15) is 4.91 Å². The third-order valence-electron chi connectivity index (χ3n) is 1.02. The predicted octanol–water partition coefficient (Wildman–Crippen LogP) is 0.489. The van der Waals surface area contributed by atoms with Crippen molar-refractivity contribution in [3.63, 3.8) is 0 Å². The summed E-state index contributed by atoms with van der Waals surface area (Å²) in [4.78, 5) is 15.6. The molecule has 1 N–H and O–H groups in total. The zero-order valence-electron chi connectivity index (χ0n) is 6.25. The lowest BCUT2D eigenvalue weighted by Gasteiger charge is -1.90. The number of hydrogen-bond donors (Lipinski definition) is 1. The maximum absolute atomic E-state index is 10.5. The molecule has 4 heteroatoms. The van der Waals surface area contributed by atoms with Gasteiger partial charge in [-0.15, -0.1) is 0 Å². The smallest absolute Gasteiger partial charge is 0.248 e.